The van der Waals surface area contributed by atoms with Gasteiger partial charge in [0, 0.05) is 6.42 Å². The molecule has 152 valence electrons. The van der Waals surface area contributed by atoms with Gasteiger partial charge in [-0.15, -0.1) is 0 Å². The first-order chi connectivity index (χ1) is 13.6. The molecule has 0 spiro atoms. The predicted octanol–water partition coefficient (Wildman–Crippen LogP) is 7.60. The molecule has 2 aromatic rings. The van der Waals surface area contributed by atoms with Crippen molar-refractivity contribution in [3.63, 3.8) is 0 Å². The monoisotopic (exact) mass is 380 g/mol. The SMILES string of the molecule is CCCCCCCCC(=O)Oc1ccc(-c2ccc(CC(C)CC)cc2)cc1. The lowest BCUT2D eigenvalue weighted by molar-refractivity contribution is -0.134. The summed E-state index contributed by atoms with van der Waals surface area (Å²) in [5.41, 5.74) is 3.72. The van der Waals surface area contributed by atoms with Crippen LogP contribution in [-0.4, -0.2) is 5.97 Å². The van der Waals surface area contributed by atoms with Crippen LogP contribution in [0.1, 0.15) is 77.7 Å². The minimum atomic E-state index is -0.127. The standard InChI is InChI=1S/C26H36O2/c1-4-6-7-8-9-10-11-26(27)28-25-18-16-24(17-19-25)23-14-12-22(13-15-23)20-21(3)5-2/h12-19,21H,4-11,20H2,1-3H3. The van der Waals surface area contributed by atoms with E-state index in [2.05, 4.69) is 45.0 Å². The quantitative estimate of drug-likeness (QED) is 0.215. The van der Waals surface area contributed by atoms with E-state index in [9.17, 15) is 4.79 Å². The van der Waals surface area contributed by atoms with Gasteiger partial charge in [0.2, 0.25) is 0 Å². The molecule has 0 bridgehead atoms. The maximum atomic E-state index is 12.0. The van der Waals surface area contributed by atoms with Gasteiger partial charge in [-0.3, -0.25) is 4.79 Å². The number of ether oxygens (including phenoxy) is 1. The molecule has 0 radical (unpaired) electrons. The molecule has 0 aliphatic rings. The molecule has 1 unspecified atom stereocenters. The summed E-state index contributed by atoms with van der Waals surface area (Å²) in [5.74, 6) is 1.22. The van der Waals surface area contributed by atoms with Crippen LogP contribution in [-0.2, 0) is 11.2 Å². The molecule has 2 aromatic carbocycles. The van der Waals surface area contributed by atoms with Crippen molar-refractivity contribution in [3.8, 4) is 16.9 Å². The van der Waals surface area contributed by atoms with Crippen LogP contribution >= 0.6 is 0 Å². The van der Waals surface area contributed by atoms with Crippen molar-refractivity contribution in [3.05, 3.63) is 54.1 Å². The third-order valence-electron chi connectivity index (χ3n) is 5.39. The van der Waals surface area contributed by atoms with Crippen molar-refractivity contribution >= 4 is 5.97 Å². The Kier molecular flexibility index (Phi) is 9.82. The molecule has 28 heavy (non-hydrogen) atoms. The van der Waals surface area contributed by atoms with Gasteiger partial charge < -0.3 is 4.74 Å². The summed E-state index contributed by atoms with van der Waals surface area (Å²) in [6.45, 7) is 6.74. The highest BCUT2D eigenvalue weighted by Crippen LogP contribution is 2.24. The van der Waals surface area contributed by atoms with Gasteiger partial charge in [-0.05, 0) is 47.6 Å². The summed E-state index contributed by atoms with van der Waals surface area (Å²) in [4.78, 5) is 12.0. The zero-order valence-corrected chi connectivity index (χ0v) is 17.9. The van der Waals surface area contributed by atoms with Crippen LogP contribution < -0.4 is 4.74 Å². The van der Waals surface area contributed by atoms with E-state index in [0.29, 0.717) is 12.2 Å². The highest BCUT2D eigenvalue weighted by atomic mass is 16.5. The Morgan fingerprint density at radius 2 is 1.39 bits per heavy atom. The summed E-state index contributed by atoms with van der Waals surface area (Å²) in [6.07, 6.45) is 9.90. The Balaban J connectivity index is 1.80. The molecule has 0 aromatic heterocycles. The molecular weight excluding hydrogens is 344 g/mol. The Bertz CT molecular complexity index is 685. The molecule has 0 aliphatic carbocycles. The molecule has 0 heterocycles. The lowest BCUT2D eigenvalue weighted by Gasteiger charge is -2.10. The number of carbonyl (C=O) groups is 1. The van der Waals surface area contributed by atoms with Crippen molar-refractivity contribution in [2.75, 3.05) is 0 Å². The van der Waals surface area contributed by atoms with E-state index in [1.807, 2.05) is 24.3 Å². The van der Waals surface area contributed by atoms with Crippen LogP contribution in [0.25, 0.3) is 11.1 Å². The fourth-order valence-corrected chi connectivity index (χ4v) is 3.33. The van der Waals surface area contributed by atoms with Gasteiger partial charge in [0.15, 0.2) is 0 Å². The third-order valence-corrected chi connectivity index (χ3v) is 5.39. The molecule has 0 fully saturated rings. The van der Waals surface area contributed by atoms with Crippen LogP contribution in [0.5, 0.6) is 5.75 Å². The molecule has 2 nitrogen and oxygen atoms in total. The van der Waals surface area contributed by atoms with Crippen LogP contribution in [0.3, 0.4) is 0 Å². The fraction of sp³-hybridized carbons (Fsp3) is 0.500. The number of rotatable bonds is 12. The normalized spacial score (nSPS) is 12.0. The minimum Gasteiger partial charge on any atom is -0.427 e. The Labute approximate surface area is 171 Å². The van der Waals surface area contributed by atoms with Gasteiger partial charge >= 0.3 is 5.97 Å². The molecule has 0 saturated carbocycles. The van der Waals surface area contributed by atoms with E-state index in [-0.39, 0.29) is 5.97 Å². The molecule has 0 saturated heterocycles. The van der Waals surface area contributed by atoms with E-state index < -0.39 is 0 Å². The van der Waals surface area contributed by atoms with Crippen molar-refractivity contribution in [1.82, 2.24) is 0 Å². The summed E-state index contributed by atoms with van der Waals surface area (Å²) < 4.78 is 5.47. The number of esters is 1. The van der Waals surface area contributed by atoms with Gasteiger partial charge in [-0.2, -0.15) is 0 Å². The minimum absolute atomic E-state index is 0.127. The maximum Gasteiger partial charge on any atom is 0.311 e. The average molecular weight is 381 g/mol. The first kappa shape index (κ1) is 22.2. The van der Waals surface area contributed by atoms with E-state index >= 15 is 0 Å². The van der Waals surface area contributed by atoms with Gasteiger partial charge in [0.25, 0.3) is 0 Å². The molecule has 1 atom stereocenters. The average Bonchev–Trinajstić information content (AvgIpc) is 2.71. The molecule has 0 amide bonds. The second-order valence-corrected chi connectivity index (χ2v) is 7.93. The van der Waals surface area contributed by atoms with Gasteiger partial charge in [0.1, 0.15) is 5.75 Å². The largest absolute Gasteiger partial charge is 0.427 e. The number of hydrogen-bond acceptors (Lipinski definition) is 2. The number of hydrogen-bond donors (Lipinski definition) is 0. The number of unbranched alkanes of at least 4 members (excludes halogenated alkanes) is 5. The number of carbonyl (C=O) groups excluding carboxylic acids is 1. The summed E-state index contributed by atoms with van der Waals surface area (Å²) in [6, 6.07) is 16.6. The van der Waals surface area contributed by atoms with E-state index in [4.69, 9.17) is 4.74 Å². The molecular formula is C26H36O2. The summed E-state index contributed by atoms with van der Waals surface area (Å²) in [7, 11) is 0. The topological polar surface area (TPSA) is 26.3 Å². The lowest BCUT2D eigenvalue weighted by Crippen LogP contribution is -2.07. The third kappa shape index (κ3) is 7.88. The van der Waals surface area contributed by atoms with Crippen LogP contribution in [0.4, 0.5) is 0 Å². The van der Waals surface area contributed by atoms with Crippen molar-refractivity contribution in [1.29, 1.82) is 0 Å². The van der Waals surface area contributed by atoms with Crippen molar-refractivity contribution in [2.45, 2.75) is 78.6 Å². The summed E-state index contributed by atoms with van der Waals surface area (Å²) in [5, 5.41) is 0. The first-order valence-corrected chi connectivity index (χ1v) is 11.0. The Morgan fingerprint density at radius 1 is 0.821 bits per heavy atom. The van der Waals surface area contributed by atoms with E-state index in [1.54, 1.807) is 0 Å². The molecule has 0 aliphatic heterocycles. The van der Waals surface area contributed by atoms with Gasteiger partial charge in [0.05, 0.1) is 0 Å². The predicted molar refractivity (Wildman–Crippen MR) is 119 cm³/mol. The molecule has 0 N–H and O–H groups in total. The first-order valence-electron chi connectivity index (χ1n) is 11.0. The van der Waals surface area contributed by atoms with Crippen LogP contribution in [0.15, 0.2) is 48.5 Å². The Hall–Kier alpha value is -2.09. The fourth-order valence-electron chi connectivity index (χ4n) is 3.33. The van der Waals surface area contributed by atoms with Crippen molar-refractivity contribution in [2.24, 2.45) is 5.92 Å². The van der Waals surface area contributed by atoms with E-state index in [0.717, 1.165) is 30.7 Å². The van der Waals surface area contributed by atoms with Crippen LogP contribution in [0, 0.1) is 5.92 Å². The zero-order chi connectivity index (χ0) is 20.2. The Morgan fingerprint density at radius 3 is 2.00 bits per heavy atom. The molecule has 2 heteroatoms. The smallest absolute Gasteiger partial charge is 0.311 e. The van der Waals surface area contributed by atoms with Crippen molar-refractivity contribution < 1.29 is 9.53 Å². The highest BCUT2D eigenvalue weighted by molar-refractivity contribution is 5.73. The van der Waals surface area contributed by atoms with Crippen LogP contribution in [0.2, 0.25) is 0 Å². The number of benzene rings is 2. The van der Waals surface area contributed by atoms with Gasteiger partial charge in [-0.1, -0.05) is 95.7 Å². The van der Waals surface area contributed by atoms with E-state index in [1.165, 1.54) is 43.2 Å². The second-order valence-electron chi connectivity index (χ2n) is 7.93. The second kappa shape index (κ2) is 12.4. The summed E-state index contributed by atoms with van der Waals surface area (Å²) >= 11 is 0. The highest BCUT2D eigenvalue weighted by Gasteiger charge is 2.06. The molecule has 2 rings (SSSR count). The van der Waals surface area contributed by atoms with Gasteiger partial charge in [-0.25, -0.2) is 0 Å². The lowest BCUT2D eigenvalue weighted by atomic mass is 9.97. The zero-order valence-electron chi connectivity index (χ0n) is 17.9. The maximum absolute atomic E-state index is 12.0.